The molecule has 0 heterocycles. The number of carbonyl (C=O) groups is 1. The third kappa shape index (κ3) is 4.59. The lowest BCUT2D eigenvalue weighted by Crippen LogP contribution is -2.19. The molecular formula is C20H25NO2. The fraction of sp³-hybridized carbons (Fsp3) is 0.350. The predicted molar refractivity (Wildman–Crippen MR) is 94.9 cm³/mol. The lowest BCUT2D eigenvalue weighted by Gasteiger charge is -2.15. The number of phenols is 1. The molecular weight excluding hydrogens is 286 g/mol. The first kappa shape index (κ1) is 17.1. The van der Waals surface area contributed by atoms with Gasteiger partial charge in [0, 0.05) is 0 Å². The number of aryl methyl sites for hydroxylation is 1. The second kappa shape index (κ2) is 7.32. The Kier molecular flexibility index (Phi) is 5.43. The number of nitrogens with one attached hydrogen (secondary N) is 1. The first-order valence-corrected chi connectivity index (χ1v) is 8.06. The Morgan fingerprint density at radius 1 is 1.09 bits per heavy atom. The molecule has 0 saturated heterocycles. The van der Waals surface area contributed by atoms with Gasteiger partial charge >= 0.3 is 0 Å². The van der Waals surface area contributed by atoms with Crippen LogP contribution < -0.4 is 5.32 Å². The normalized spacial score (nSPS) is 12.2. The molecule has 2 aromatic carbocycles. The Labute approximate surface area is 138 Å². The highest BCUT2D eigenvalue weighted by Gasteiger charge is 2.16. The van der Waals surface area contributed by atoms with Crippen molar-refractivity contribution in [3.8, 4) is 5.75 Å². The molecule has 1 unspecified atom stereocenters. The first-order valence-electron chi connectivity index (χ1n) is 8.06. The fourth-order valence-electron chi connectivity index (χ4n) is 2.56. The van der Waals surface area contributed by atoms with Crippen molar-refractivity contribution in [1.82, 2.24) is 0 Å². The van der Waals surface area contributed by atoms with Crippen LogP contribution in [0.2, 0.25) is 0 Å². The molecule has 1 atom stereocenters. The van der Waals surface area contributed by atoms with Gasteiger partial charge in [-0.3, -0.25) is 4.79 Å². The van der Waals surface area contributed by atoms with E-state index in [2.05, 4.69) is 31.3 Å². The third-order valence-corrected chi connectivity index (χ3v) is 3.93. The van der Waals surface area contributed by atoms with Crippen LogP contribution in [0.15, 0.2) is 42.5 Å². The summed E-state index contributed by atoms with van der Waals surface area (Å²) in [4.78, 5) is 12.4. The monoisotopic (exact) mass is 311 g/mol. The highest BCUT2D eigenvalue weighted by Crippen LogP contribution is 2.26. The topological polar surface area (TPSA) is 49.3 Å². The van der Waals surface area contributed by atoms with Crippen molar-refractivity contribution in [1.29, 1.82) is 0 Å². The van der Waals surface area contributed by atoms with Gasteiger partial charge in [-0.25, -0.2) is 0 Å². The lowest BCUT2D eigenvalue weighted by molar-refractivity contribution is -0.117. The Hall–Kier alpha value is -2.29. The minimum Gasteiger partial charge on any atom is -0.506 e. The number of phenolic OH excluding ortho intramolecular Hbond substituents is 1. The molecule has 3 heteroatoms. The molecule has 0 aliphatic rings. The summed E-state index contributed by atoms with van der Waals surface area (Å²) in [5.74, 6) is 0.305. The van der Waals surface area contributed by atoms with Gasteiger partial charge in [-0.1, -0.05) is 44.2 Å². The lowest BCUT2D eigenvalue weighted by atomic mass is 9.96. The molecule has 0 bridgehead atoms. The molecule has 0 saturated carbocycles. The molecule has 2 N–H and O–H groups in total. The van der Waals surface area contributed by atoms with E-state index in [4.69, 9.17) is 0 Å². The Bertz CT molecular complexity index is 675. The Morgan fingerprint density at radius 2 is 1.74 bits per heavy atom. The predicted octanol–water partition coefficient (Wildman–Crippen LogP) is 4.64. The van der Waals surface area contributed by atoms with Gasteiger partial charge in [0.2, 0.25) is 5.91 Å². The SMILES string of the molecule is Cc1ccc(O)c(NC(=O)C(C)c2ccc(CC(C)C)cc2)c1. The number of aromatic hydroxyl groups is 1. The van der Waals surface area contributed by atoms with Gasteiger partial charge in [0.15, 0.2) is 0 Å². The van der Waals surface area contributed by atoms with Crippen LogP contribution in [0.5, 0.6) is 5.75 Å². The van der Waals surface area contributed by atoms with Gasteiger partial charge in [0.25, 0.3) is 0 Å². The maximum Gasteiger partial charge on any atom is 0.231 e. The van der Waals surface area contributed by atoms with E-state index in [0.717, 1.165) is 17.5 Å². The minimum atomic E-state index is -0.275. The third-order valence-electron chi connectivity index (χ3n) is 3.93. The molecule has 2 rings (SSSR count). The van der Waals surface area contributed by atoms with Crippen LogP contribution in [0.1, 0.15) is 43.4 Å². The van der Waals surface area contributed by atoms with Crippen molar-refractivity contribution >= 4 is 11.6 Å². The largest absolute Gasteiger partial charge is 0.506 e. The van der Waals surface area contributed by atoms with Gasteiger partial charge in [0.05, 0.1) is 11.6 Å². The van der Waals surface area contributed by atoms with Crippen molar-refractivity contribution in [2.45, 2.75) is 40.0 Å². The van der Waals surface area contributed by atoms with Gasteiger partial charge < -0.3 is 10.4 Å². The van der Waals surface area contributed by atoms with Gasteiger partial charge in [-0.05, 0) is 55.0 Å². The molecule has 0 radical (unpaired) electrons. The zero-order chi connectivity index (χ0) is 17.0. The highest BCUT2D eigenvalue weighted by molar-refractivity contribution is 5.96. The smallest absolute Gasteiger partial charge is 0.231 e. The van der Waals surface area contributed by atoms with Crippen LogP contribution in [-0.2, 0) is 11.2 Å². The molecule has 0 spiro atoms. The number of hydrogen-bond donors (Lipinski definition) is 2. The second-order valence-electron chi connectivity index (χ2n) is 6.57. The van der Waals surface area contributed by atoms with Gasteiger partial charge in [-0.2, -0.15) is 0 Å². The van der Waals surface area contributed by atoms with Crippen LogP contribution in [0.4, 0.5) is 5.69 Å². The van der Waals surface area contributed by atoms with Crippen molar-refractivity contribution in [3.63, 3.8) is 0 Å². The molecule has 0 aliphatic carbocycles. The summed E-state index contributed by atoms with van der Waals surface area (Å²) in [7, 11) is 0. The molecule has 2 aromatic rings. The molecule has 122 valence electrons. The van der Waals surface area contributed by atoms with E-state index < -0.39 is 0 Å². The van der Waals surface area contributed by atoms with Crippen LogP contribution >= 0.6 is 0 Å². The highest BCUT2D eigenvalue weighted by atomic mass is 16.3. The zero-order valence-electron chi connectivity index (χ0n) is 14.3. The van der Waals surface area contributed by atoms with Gasteiger partial charge in [0.1, 0.15) is 5.75 Å². The number of rotatable bonds is 5. The van der Waals surface area contributed by atoms with Crippen LogP contribution in [0, 0.1) is 12.8 Å². The summed E-state index contributed by atoms with van der Waals surface area (Å²) in [6, 6.07) is 13.4. The summed E-state index contributed by atoms with van der Waals surface area (Å²) in [5.41, 5.74) is 3.71. The van der Waals surface area contributed by atoms with Crippen LogP contribution in [0.3, 0.4) is 0 Å². The standard InChI is InChI=1S/C20H25NO2/c1-13(2)11-16-6-8-17(9-7-16)15(4)20(23)21-18-12-14(3)5-10-19(18)22/h5-10,12-13,15,22H,11H2,1-4H3,(H,21,23). The number of amides is 1. The first-order chi connectivity index (χ1) is 10.9. The average Bonchev–Trinajstić information content (AvgIpc) is 2.50. The van der Waals surface area contributed by atoms with E-state index in [1.165, 1.54) is 5.56 Å². The molecule has 0 fully saturated rings. The molecule has 23 heavy (non-hydrogen) atoms. The number of carbonyl (C=O) groups excluding carboxylic acids is 1. The maximum atomic E-state index is 12.4. The molecule has 0 aliphatic heterocycles. The van der Waals surface area contributed by atoms with Crippen molar-refractivity contribution < 1.29 is 9.90 Å². The summed E-state index contributed by atoms with van der Waals surface area (Å²) in [6.45, 7) is 8.18. The summed E-state index contributed by atoms with van der Waals surface area (Å²) < 4.78 is 0. The van der Waals surface area contributed by atoms with E-state index in [0.29, 0.717) is 11.6 Å². The number of benzene rings is 2. The van der Waals surface area contributed by atoms with Crippen LogP contribution in [-0.4, -0.2) is 11.0 Å². The quantitative estimate of drug-likeness (QED) is 0.790. The van der Waals surface area contributed by atoms with E-state index >= 15 is 0 Å². The summed E-state index contributed by atoms with van der Waals surface area (Å²) >= 11 is 0. The summed E-state index contributed by atoms with van der Waals surface area (Å²) in [5, 5.41) is 12.6. The second-order valence-corrected chi connectivity index (χ2v) is 6.57. The van der Waals surface area contributed by atoms with E-state index in [9.17, 15) is 9.90 Å². The Morgan fingerprint density at radius 3 is 2.35 bits per heavy atom. The summed E-state index contributed by atoms with van der Waals surface area (Å²) in [6.07, 6.45) is 1.04. The van der Waals surface area contributed by atoms with E-state index in [-0.39, 0.29) is 17.6 Å². The van der Waals surface area contributed by atoms with Crippen molar-refractivity contribution in [2.24, 2.45) is 5.92 Å². The number of hydrogen-bond acceptors (Lipinski definition) is 2. The van der Waals surface area contributed by atoms with Crippen molar-refractivity contribution in [3.05, 3.63) is 59.2 Å². The van der Waals surface area contributed by atoms with E-state index in [1.807, 2.05) is 32.0 Å². The Balaban J connectivity index is 2.08. The van der Waals surface area contributed by atoms with Crippen molar-refractivity contribution in [2.75, 3.05) is 5.32 Å². The minimum absolute atomic E-state index is 0.0865. The molecule has 3 nitrogen and oxygen atoms in total. The molecule has 1 amide bonds. The number of anilines is 1. The van der Waals surface area contributed by atoms with E-state index in [1.54, 1.807) is 12.1 Å². The average molecular weight is 311 g/mol. The van der Waals surface area contributed by atoms with Crippen LogP contribution in [0.25, 0.3) is 0 Å². The maximum absolute atomic E-state index is 12.4. The fourth-order valence-corrected chi connectivity index (χ4v) is 2.56. The zero-order valence-corrected chi connectivity index (χ0v) is 14.3. The molecule has 0 aromatic heterocycles. The van der Waals surface area contributed by atoms with Gasteiger partial charge in [-0.15, -0.1) is 0 Å².